The van der Waals surface area contributed by atoms with Gasteiger partial charge in [-0.15, -0.1) is 11.3 Å². The molecule has 0 saturated carbocycles. The molecule has 0 spiro atoms. The molecule has 2 heterocycles. The minimum absolute atomic E-state index is 0.0256. The summed E-state index contributed by atoms with van der Waals surface area (Å²) in [5.41, 5.74) is 1.20. The fourth-order valence-electron chi connectivity index (χ4n) is 2.71. The zero-order chi connectivity index (χ0) is 14.9. The third kappa shape index (κ3) is 3.06. The van der Waals surface area contributed by atoms with Crippen molar-refractivity contribution in [3.63, 3.8) is 0 Å². The van der Waals surface area contributed by atoms with E-state index in [1.54, 1.807) is 4.90 Å². The van der Waals surface area contributed by atoms with Crippen LogP contribution in [0.1, 0.15) is 40.4 Å². The third-order valence-corrected chi connectivity index (χ3v) is 6.69. The number of aryl methyl sites for hydroxylation is 2. The molecule has 2 rings (SSSR count). The monoisotopic (exact) mass is 315 g/mol. The molecule has 1 aromatic heterocycles. The Morgan fingerprint density at radius 3 is 2.60 bits per heavy atom. The van der Waals surface area contributed by atoms with Crippen molar-refractivity contribution in [3.05, 3.63) is 21.4 Å². The summed E-state index contributed by atoms with van der Waals surface area (Å²) in [6.45, 7) is 6.56. The van der Waals surface area contributed by atoms with E-state index in [4.69, 9.17) is 0 Å². The average molecular weight is 315 g/mol. The first-order valence-electron chi connectivity index (χ1n) is 6.98. The summed E-state index contributed by atoms with van der Waals surface area (Å²) in [5.74, 6) is 0.283. The van der Waals surface area contributed by atoms with Crippen molar-refractivity contribution in [2.24, 2.45) is 0 Å². The highest BCUT2D eigenvalue weighted by atomic mass is 32.2. The van der Waals surface area contributed by atoms with Crippen molar-refractivity contribution >= 4 is 27.1 Å². The molecule has 0 radical (unpaired) electrons. The third-order valence-electron chi connectivity index (χ3n) is 3.86. The molecular formula is C14H21NO3S2. The van der Waals surface area contributed by atoms with Gasteiger partial charge >= 0.3 is 0 Å². The molecule has 0 bridgehead atoms. The highest BCUT2D eigenvalue weighted by Crippen LogP contribution is 2.26. The van der Waals surface area contributed by atoms with E-state index >= 15 is 0 Å². The molecule has 1 amide bonds. The Hall–Kier alpha value is -0.880. The van der Waals surface area contributed by atoms with E-state index in [9.17, 15) is 13.2 Å². The molecule has 1 fully saturated rings. The first-order chi connectivity index (χ1) is 9.38. The molecule has 6 heteroatoms. The highest BCUT2D eigenvalue weighted by molar-refractivity contribution is 7.91. The van der Waals surface area contributed by atoms with Gasteiger partial charge in [-0.1, -0.05) is 6.92 Å². The van der Waals surface area contributed by atoms with Crippen molar-refractivity contribution in [3.8, 4) is 0 Å². The average Bonchev–Trinajstić information content (AvgIpc) is 2.93. The van der Waals surface area contributed by atoms with Gasteiger partial charge in [0.1, 0.15) is 0 Å². The molecule has 20 heavy (non-hydrogen) atoms. The number of hydrogen-bond donors (Lipinski definition) is 0. The van der Waals surface area contributed by atoms with Crippen LogP contribution in [-0.4, -0.2) is 43.3 Å². The quantitative estimate of drug-likeness (QED) is 0.856. The van der Waals surface area contributed by atoms with Gasteiger partial charge in [-0.2, -0.15) is 0 Å². The minimum Gasteiger partial charge on any atom is -0.334 e. The molecule has 1 atom stereocenters. The summed E-state index contributed by atoms with van der Waals surface area (Å²) in [6.07, 6.45) is 1.48. The topological polar surface area (TPSA) is 54.5 Å². The predicted molar refractivity (Wildman–Crippen MR) is 82.2 cm³/mol. The lowest BCUT2D eigenvalue weighted by molar-refractivity contribution is 0.0713. The van der Waals surface area contributed by atoms with Gasteiger partial charge in [0.2, 0.25) is 0 Å². The van der Waals surface area contributed by atoms with Gasteiger partial charge in [-0.3, -0.25) is 4.79 Å². The molecular weight excluding hydrogens is 294 g/mol. The number of hydrogen-bond acceptors (Lipinski definition) is 4. The summed E-state index contributed by atoms with van der Waals surface area (Å²) in [5, 5.41) is 0. The zero-order valence-corrected chi connectivity index (χ0v) is 13.8. The molecule has 112 valence electrons. The van der Waals surface area contributed by atoms with Crippen LogP contribution >= 0.6 is 11.3 Å². The number of thiophene rings is 1. The van der Waals surface area contributed by atoms with Gasteiger partial charge in [0.15, 0.2) is 9.84 Å². The van der Waals surface area contributed by atoms with Gasteiger partial charge in [-0.25, -0.2) is 8.42 Å². The van der Waals surface area contributed by atoms with Crippen molar-refractivity contribution in [1.82, 2.24) is 4.90 Å². The lowest BCUT2D eigenvalue weighted by atomic mass is 10.2. The van der Waals surface area contributed by atoms with Crippen LogP contribution in [0.5, 0.6) is 0 Å². The second-order valence-electron chi connectivity index (χ2n) is 5.19. The maximum absolute atomic E-state index is 12.6. The predicted octanol–water partition coefficient (Wildman–Crippen LogP) is 2.27. The summed E-state index contributed by atoms with van der Waals surface area (Å²) >= 11 is 1.51. The second-order valence-corrected chi connectivity index (χ2v) is 8.68. The summed E-state index contributed by atoms with van der Waals surface area (Å²) in [6, 6.07) is 1.79. The summed E-state index contributed by atoms with van der Waals surface area (Å²) in [7, 11) is -2.96. The molecule has 0 aromatic carbocycles. The number of sulfone groups is 1. The molecule has 0 unspecified atom stereocenters. The fraction of sp³-hybridized carbons (Fsp3) is 0.643. The standard InChI is InChI=1S/C14H21NO3S2/c1-4-11-8-13(19-10(11)3)14(16)15(5-2)12-6-7-20(17,18)9-12/h8,12H,4-7,9H2,1-3H3/t12-/m1/s1. The Bertz CT molecular complexity index is 604. The van der Waals surface area contributed by atoms with E-state index in [0.29, 0.717) is 13.0 Å². The van der Waals surface area contributed by atoms with Gasteiger partial charge in [-0.05, 0) is 38.3 Å². The van der Waals surface area contributed by atoms with Gasteiger partial charge in [0.25, 0.3) is 5.91 Å². The fourth-order valence-corrected chi connectivity index (χ4v) is 5.51. The molecule has 4 nitrogen and oxygen atoms in total. The second kappa shape index (κ2) is 5.85. The highest BCUT2D eigenvalue weighted by Gasteiger charge is 2.34. The van der Waals surface area contributed by atoms with Gasteiger partial charge in [0, 0.05) is 17.5 Å². The van der Waals surface area contributed by atoms with Crippen molar-refractivity contribution < 1.29 is 13.2 Å². The van der Waals surface area contributed by atoms with Crippen molar-refractivity contribution in [2.75, 3.05) is 18.1 Å². The number of rotatable bonds is 4. The van der Waals surface area contributed by atoms with E-state index in [1.165, 1.54) is 21.8 Å². The van der Waals surface area contributed by atoms with E-state index in [1.807, 2.05) is 19.9 Å². The van der Waals surface area contributed by atoms with E-state index < -0.39 is 9.84 Å². The molecule has 0 aliphatic carbocycles. The molecule has 1 aromatic rings. The van der Waals surface area contributed by atoms with Crippen LogP contribution in [0.25, 0.3) is 0 Å². The number of carbonyl (C=O) groups excluding carboxylic acids is 1. The largest absolute Gasteiger partial charge is 0.334 e. The Kier molecular flexibility index (Phi) is 4.54. The lowest BCUT2D eigenvalue weighted by Gasteiger charge is -2.26. The van der Waals surface area contributed by atoms with E-state index in [-0.39, 0.29) is 23.5 Å². The molecule has 0 N–H and O–H groups in total. The van der Waals surface area contributed by atoms with Crippen LogP contribution in [0.3, 0.4) is 0 Å². The summed E-state index contributed by atoms with van der Waals surface area (Å²) < 4.78 is 23.2. The number of nitrogens with zero attached hydrogens (tertiary/aromatic N) is 1. The Balaban J connectivity index is 2.21. The number of amides is 1. The SMILES string of the molecule is CCc1cc(C(=O)N(CC)[C@@H]2CCS(=O)(=O)C2)sc1C. The maximum atomic E-state index is 12.6. The van der Waals surface area contributed by atoms with Crippen LogP contribution in [0.4, 0.5) is 0 Å². The first-order valence-corrected chi connectivity index (χ1v) is 9.62. The smallest absolute Gasteiger partial charge is 0.264 e. The first kappa shape index (κ1) is 15.5. The summed E-state index contributed by atoms with van der Waals surface area (Å²) in [4.78, 5) is 16.2. The van der Waals surface area contributed by atoms with Crippen molar-refractivity contribution in [1.29, 1.82) is 0 Å². The van der Waals surface area contributed by atoms with E-state index in [0.717, 1.165) is 11.3 Å². The van der Waals surface area contributed by atoms with Crippen molar-refractivity contribution in [2.45, 2.75) is 39.7 Å². The van der Waals surface area contributed by atoms with E-state index in [2.05, 4.69) is 6.92 Å². The van der Waals surface area contributed by atoms with Crippen LogP contribution < -0.4 is 0 Å². The van der Waals surface area contributed by atoms with Crippen LogP contribution in [0.15, 0.2) is 6.07 Å². The van der Waals surface area contributed by atoms with Crippen LogP contribution in [0.2, 0.25) is 0 Å². The Morgan fingerprint density at radius 2 is 2.15 bits per heavy atom. The van der Waals surface area contributed by atoms with Crippen LogP contribution in [0, 0.1) is 6.92 Å². The number of carbonyl (C=O) groups is 1. The minimum atomic E-state index is -2.96. The Morgan fingerprint density at radius 1 is 1.45 bits per heavy atom. The Labute approximate surface area is 124 Å². The normalized spacial score (nSPS) is 21.1. The zero-order valence-electron chi connectivity index (χ0n) is 12.2. The molecule has 1 aliphatic rings. The van der Waals surface area contributed by atoms with Gasteiger partial charge in [0.05, 0.1) is 16.4 Å². The molecule has 1 aliphatic heterocycles. The van der Waals surface area contributed by atoms with Crippen LogP contribution in [-0.2, 0) is 16.3 Å². The lowest BCUT2D eigenvalue weighted by Crippen LogP contribution is -2.40. The molecule has 1 saturated heterocycles. The maximum Gasteiger partial charge on any atom is 0.264 e. The van der Waals surface area contributed by atoms with Gasteiger partial charge < -0.3 is 4.90 Å².